The van der Waals surface area contributed by atoms with Crippen LogP contribution in [0.4, 0.5) is 0 Å². The minimum Gasteiger partial charge on any atom is -0.493 e. The molecule has 0 bridgehead atoms. The van der Waals surface area contributed by atoms with E-state index in [4.69, 9.17) is 9.47 Å². The van der Waals surface area contributed by atoms with Gasteiger partial charge in [-0.3, -0.25) is 9.59 Å². The van der Waals surface area contributed by atoms with Crippen LogP contribution in [0.3, 0.4) is 0 Å². The third-order valence-electron chi connectivity index (χ3n) is 3.84. The monoisotopic (exact) mass is 525 g/mol. The van der Waals surface area contributed by atoms with Crippen LogP contribution < -0.4 is 20.2 Å². The fourth-order valence-electron chi connectivity index (χ4n) is 2.44. The molecule has 0 atom stereocenters. The van der Waals surface area contributed by atoms with Crippen LogP contribution >= 0.6 is 31.9 Å². The van der Waals surface area contributed by atoms with Gasteiger partial charge in [-0.2, -0.15) is 5.10 Å². The molecule has 0 aliphatic rings. The van der Waals surface area contributed by atoms with Crippen LogP contribution in [0, 0.1) is 0 Å². The van der Waals surface area contributed by atoms with E-state index >= 15 is 0 Å². The smallest absolute Gasteiger partial charge is 0.252 e. The van der Waals surface area contributed by atoms with Gasteiger partial charge in [0.2, 0.25) is 5.91 Å². The molecule has 2 aromatic rings. The summed E-state index contributed by atoms with van der Waals surface area (Å²) in [6.45, 7) is 0.389. The summed E-state index contributed by atoms with van der Waals surface area (Å²) in [7, 11) is 3.10. The second-order valence-corrected chi connectivity index (χ2v) is 7.58. The lowest BCUT2D eigenvalue weighted by atomic mass is 10.2. The normalized spacial score (nSPS) is 10.6. The van der Waals surface area contributed by atoms with Crippen LogP contribution in [0.15, 0.2) is 50.4 Å². The van der Waals surface area contributed by atoms with E-state index in [9.17, 15) is 9.59 Å². The van der Waals surface area contributed by atoms with E-state index in [1.165, 1.54) is 6.21 Å². The molecular formula is C20H21Br2N3O4. The molecule has 0 saturated heterocycles. The Morgan fingerprint density at radius 3 is 2.55 bits per heavy atom. The first-order chi connectivity index (χ1) is 14.0. The highest BCUT2D eigenvalue weighted by molar-refractivity contribution is 9.10. The number of benzene rings is 2. The van der Waals surface area contributed by atoms with Gasteiger partial charge in [0.15, 0.2) is 11.5 Å². The van der Waals surface area contributed by atoms with Crippen molar-refractivity contribution in [2.24, 2.45) is 5.10 Å². The van der Waals surface area contributed by atoms with E-state index < -0.39 is 0 Å². The highest BCUT2D eigenvalue weighted by Gasteiger charge is 2.10. The number of carbonyl (C=O) groups is 2. The van der Waals surface area contributed by atoms with Crippen LogP contribution in [-0.4, -0.2) is 38.8 Å². The van der Waals surface area contributed by atoms with E-state index in [1.807, 2.05) is 6.07 Å². The van der Waals surface area contributed by atoms with Gasteiger partial charge in [-0.1, -0.05) is 12.1 Å². The maximum atomic E-state index is 12.1. The molecule has 9 heteroatoms. The summed E-state index contributed by atoms with van der Waals surface area (Å²) in [5.41, 5.74) is 3.76. The molecule has 0 saturated carbocycles. The Bertz CT molecular complexity index is 903. The van der Waals surface area contributed by atoms with Crippen LogP contribution in [0.1, 0.15) is 28.8 Å². The Kier molecular flexibility index (Phi) is 9.14. The number of amides is 2. The van der Waals surface area contributed by atoms with Gasteiger partial charge in [-0.05, 0) is 68.1 Å². The van der Waals surface area contributed by atoms with Gasteiger partial charge in [0, 0.05) is 17.4 Å². The Hall–Kier alpha value is -2.39. The summed E-state index contributed by atoms with van der Waals surface area (Å²) < 4.78 is 12.0. The van der Waals surface area contributed by atoms with Crippen LogP contribution in [-0.2, 0) is 4.79 Å². The molecule has 2 N–H and O–H groups in total. The summed E-state index contributed by atoms with van der Waals surface area (Å²) in [5.74, 6) is 0.708. The van der Waals surface area contributed by atoms with Crippen molar-refractivity contribution in [3.63, 3.8) is 0 Å². The molecule has 154 valence electrons. The highest BCUT2D eigenvalue weighted by Crippen LogP contribution is 2.35. The zero-order valence-corrected chi connectivity index (χ0v) is 19.2. The number of nitrogens with zero attached hydrogens (tertiary/aromatic N) is 1. The number of hydrogen-bond acceptors (Lipinski definition) is 5. The fraction of sp³-hybridized carbons (Fsp3) is 0.250. The van der Waals surface area contributed by atoms with Crippen molar-refractivity contribution in [3.05, 3.63) is 56.5 Å². The molecule has 2 aromatic carbocycles. The zero-order valence-electron chi connectivity index (χ0n) is 16.0. The van der Waals surface area contributed by atoms with Crippen molar-refractivity contribution < 1.29 is 19.1 Å². The number of rotatable bonds is 9. The van der Waals surface area contributed by atoms with Crippen LogP contribution in [0.25, 0.3) is 0 Å². The maximum absolute atomic E-state index is 12.1. The van der Waals surface area contributed by atoms with E-state index in [2.05, 4.69) is 47.7 Å². The van der Waals surface area contributed by atoms with Crippen LogP contribution in [0.5, 0.6) is 11.5 Å². The quantitative estimate of drug-likeness (QED) is 0.295. The Morgan fingerprint density at radius 1 is 1.10 bits per heavy atom. The van der Waals surface area contributed by atoms with E-state index in [0.717, 1.165) is 10.0 Å². The van der Waals surface area contributed by atoms with Crippen LogP contribution in [0.2, 0.25) is 0 Å². The molecule has 0 aromatic heterocycles. The summed E-state index contributed by atoms with van der Waals surface area (Å²) in [6, 6.07) is 10.7. The third-order valence-corrected chi connectivity index (χ3v) is 5.12. The van der Waals surface area contributed by atoms with Gasteiger partial charge >= 0.3 is 0 Å². The van der Waals surface area contributed by atoms with Gasteiger partial charge in [-0.25, -0.2) is 5.43 Å². The largest absolute Gasteiger partial charge is 0.493 e. The van der Waals surface area contributed by atoms with Crippen molar-refractivity contribution >= 4 is 49.9 Å². The molecule has 29 heavy (non-hydrogen) atoms. The van der Waals surface area contributed by atoms with Gasteiger partial charge < -0.3 is 14.8 Å². The van der Waals surface area contributed by atoms with E-state index in [0.29, 0.717) is 34.5 Å². The highest BCUT2D eigenvalue weighted by atomic mass is 79.9. The van der Waals surface area contributed by atoms with Gasteiger partial charge in [-0.15, -0.1) is 0 Å². The fourth-order valence-corrected chi connectivity index (χ4v) is 3.52. The number of hydrazone groups is 1. The number of halogens is 2. The van der Waals surface area contributed by atoms with Crippen molar-refractivity contribution in [2.75, 3.05) is 20.8 Å². The first kappa shape index (κ1) is 22.9. The summed E-state index contributed by atoms with van der Waals surface area (Å²) in [5, 5.41) is 6.74. The predicted molar refractivity (Wildman–Crippen MR) is 119 cm³/mol. The molecule has 7 nitrogen and oxygen atoms in total. The lowest BCUT2D eigenvalue weighted by Crippen LogP contribution is -2.26. The molecule has 0 unspecified atom stereocenters. The van der Waals surface area contributed by atoms with E-state index in [-0.39, 0.29) is 18.2 Å². The maximum Gasteiger partial charge on any atom is 0.252 e. The van der Waals surface area contributed by atoms with Gasteiger partial charge in [0.05, 0.1) is 30.5 Å². The number of methoxy groups -OCH3 is 2. The molecule has 0 radical (unpaired) electrons. The first-order valence-corrected chi connectivity index (χ1v) is 10.3. The van der Waals surface area contributed by atoms with Crippen molar-refractivity contribution in [3.8, 4) is 11.5 Å². The number of carbonyl (C=O) groups excluding carboxylic acids is 2. The van der Waals surface area contributed by atoms with Gasteiger partial charge in [0.25, 0.3) is 5.91 Å². The lowest BCUT2D eigenvalue weighted by molar-refractivity contribution is -0.121. The number of ether oxygens (including phenoxy) is 2. The Morgan fingerprint density at radius 2 is 1.86 bits per heavy atom. The molecule has 0 aliphatic carbocycles. The topological polar surface area (TPSA) is 89.0 Å². The summed E-state index contributed by atoms with van der Waals surface area (Å²) in [6.07, 6.45) is 2.25. The number of hydrogen-bond donors (Lipinski definition) is 2. The predicted octanol–water partition coefficient (Wildman–Crippen LogP) is 3.89. The SMILES string of the molecule is COc1cc(/C=N/NC(=O)CCCNC(=O)c2ccccc2Br)cc(Br)c1OC. The molecule has 2 rings (SSSR count). The Balaban J connectivity index is 1.77. The molecular weight excluding hydrogens is 506 g/mol. The zero-order chi connectivity index (χ0) is 21.2. The molecule has 0 heterocycles. The van der Waals surface area contributed by atoms with Crippen molar-refractivity contribution in [1.82, 2.24) is 10.7 Å². The molecule has 0 spiro atoms. The average Bonchev–Trinajstić information content (AvgIpc) is 2.71. The minimum absolute atomic E-state index is 0.185. The molecule has 2 amide bonds. The van der Waals surface area contributed by atoms with Crippen molar-refractivity contribution in [1.29, 1.82) is 0 Å². The minimum atomic E-state index is -0.240. The van der Waals surface area contributed by atoms with Crippen molar-refractivity contribution in [2.45, 2.75) is 12.8 Å². The second-order valence-electron chi connectivity index (χ2n) is 5.87. The summed E-state index contributed by atoms with van der Waals surface area (Å²) >= 11 is 6.74. The third kappa shape index (κ3) is 6.86. The molecule has 0 fully saturated rings. The second kappa shape index (κ2) is 11.6. The standard InChI is InChI=1S/C20H21Br2N3O4/c1-28-17-11-13(10-16(22)19(17)29-2)12-24-25-18(26)8-5-9-23-20(27)14-6-3-4-7-15(14)21/h3-4,6-7,10-12H,5,8-9H2,1-2H3,(H,23,27)(H,25,26)/b24-12+. The lowest BCUT2D eigenvalue weighted by Gasteiger charge is -2.10. The summed E-state index contributed by atoms with van der Waals surface area (Å²) in [4.78, 5) is 24.0. The Labute approximate surface area is 186 Å². The first-order valence-electron chi connectivity index (χ1n) is 8.72. The van der Waals surface area contributed by atoms with Gasteiger partial charge in [0.1, 0.15) is 0 Å². The molecule has 0 aliphatic heterocycles. The number of nitrogens with one attached hydrogen (secondary N) is 2. The average molecular weight is 527 g/mol. The van der Waals surface area contributed by atoms with E-state index in [1.54, 1.807) is 44.6 Å².